The first-order valence-electron chi connectivity index (χ1n) is 12.8. The van der Waals surface area contributed by atoms with Gasteiger partial charge in [0.2, 0.25) is 0 Å². The number of aromatic hydroxyl groups is 2. The van der Waals surface area contributed by atoms with Gasteiger partial charge >= 0.3 is 5.97 Å². The SMILES string of the molecule is CCCC(CCCCCCCCC1c2ccc(O)cc2OCC1(C)c1ccc(O)cc1)C(=O)O. The molecule has 0 fully saturated rings. The number of hydrogen-bond donors (Lipinski definition) is 3. The monoisotopic (exact) mass is 468 g/mol. The van der Waals surface area contributed by atoms with Gasteiger partial charge in [-0.1, -0.05) is 77.0 Å². The van der Waals surface area contributed by atoms with E-state index >= 15 is 0 Å². The number of unbranched alkanes of at least 4 members (excludes halogenated alkanes) is 5. The third-order valence-corrected chi connectivity index (χ3v) is 7.48. The predicted molar refractivity (Wildman–Crippen MR) is 135 cm³/mol. The van der Waals surface area contributed by atoms with Gasteiger partial charge in [-0.2, -0.15) is 0 Å². The molecule has 0 aromatic heterocycles. The van der Waals surface area contributed by atoms with Crippen LogP contribution in [0, 0.1) is 5.92 Å². The number of carboxylic acids is 1. The number of carbonyl (C=O) groups is 1. The van der Waals surface area contributed by atoms with E-state index < -0.39 is 5.97 Å². The fourth-order valence-corrected chi connectivity index (χ4v) is 5.39. The average molecular weight is 469 g/mol. The van der Waals surface area contributed by atoms with Gasteiger partial charge in [-0.15, -0.1) is 0 Å². The van der Waals surface area contributed by atoms with Crippen LogP contribution in [-0.4, -0.2) is 27.9 Å². The van der Waals surface area contributed by atoms with Gasteiger partial charge in [0.05, 0.1) is 12.5 Å². The van der Waals surface area contributed by atoms with Crippen LogP contribution >= 0.6 is 0 Å². The van der Waals surface area contributed by atoms with Gasteiger partial charge < -0.3 is 20.1 Å². The standard InChI is InChI=1S/C29H40O5/c1-3-10-21(28(32)33)11-8-6-4-5-7-9-12-26-25-18-17-24(31)19-27(25)34-20-29(26,2)22-13-15-23(30)16-14-22/h13-19,21,26,30-31H,3-12,20H2,1-2H3,(H,32,33). The highest BCUT2D eigenvalue weighted by Crippen LogP contribution is 2.49. The van der Waals surface area contributed by atoms with Crippen LogP contribution in [0.25, 0.3) is 0 Å². The van der Waals surface area contributed by atoms with E-state index in [-0.39, 0.29) is 28.7 Å². The molecule has 0 radical (unpaired) electrons. The summed E-state index contributed by atoms with van der Waals surface area (Å²) in [4.78, 5) is 11.3. The molecule has 5 nitrogen and oxygen atoms in total. The molecule has 0 saturated heterocycles. The number of phenols is 2. The lowest BCUT2D eigenvalue weighted by Gasteiger charge is -2.43. The largest absolute Gasteiger partial charge is 0.508 e. The summed E-state index contributed by atoms with van der Waals surface area (Å²) in [6, 6.07) is 12.9. The van der Waals surface area contributed by atoms with E-state index in [4.69, 9.17) is 4.74 Å². The third-order valence-electron chi connectivity index (χ3n) is 7.48. The Hall–Kier alpha value is -2.69. The van der Waals surface area contributed by atoms with Crippen molar-refractivity contribution in [2.75, 3.05) is 6.61 Å². The molecule has 1 heterocycles. The zero-order valence-corrected chi connectivity index (χ0v) is 20.6. The Labute approximate surface area is 203 Å². The van der Waals surface area contributed by atoms with Gasteiger partial charge in [0, 0.05) is 17.4 Å². The summed E-state index contributed by atoms with van der Waals surface area (Å²) >= 11 is 0. The average Bonchev–Trinajstić information content (AvgIpc) is 2.81. The Morgan fingerprint density at radius 2 is 1.62 bits per heavy atom. The van der Waals surface area contributed by atoms with Crippen LogP contribution in [0.1, 0.15) is 95.1 Å². The summed E-state index contributed by atoms with van der Waals surface area (Å²) in [5.74, 6) is 0.664. The molecule has 5 heteroatoms. The van der Waals surface area contributed by atoms with E-state index in [9.17, 15) is 20.1 Å². The van der Waals surface area contributed by atoms with Crippen LogP contribution in [-0.2, 0) is 10.2 Å². The first kappa shape index (κ1) is 25.9. The maximum absolute atomic E-state index is 11.3. The topological polar surface area (TPSA) is 87.0 Å². The van der Waals surface area contributed by atoms with Crippen LogP contribution in [0.2, 0.25) is 0 Å². The summed E-state index contributed by atoms with van der Waals surface area (Å²) in [7, 11) is 0. The maximum atomic E-state index is 11.3. The van der Waals surface area contributed by atoms with Crippen molar-refractivity contribution in [1.82, 2.24) is 0 Å². The maximum Gasteiger partial charge on any atom is 0.306 e. The minimum Gasteiger partial charge on any atom is -0.508 e. The molecule has 0 amide bonds. The summed E-state index contributed by atoms with van der Waals surface area (Å²) in [5, 5.41) is 29.0. The van der Waals surface area contributed by atoms with Crippen molar-refractivity contribution in [2.45, 2.75) is 89.4 Å². The molecule has 0 aliphatic carbocycles. The van der Waals surface area contributed by atoms with Crippen molar-refractivity contribution < 1.29 is 24.9 Å². The van der Waals surface area contributed by atoms with Crippen molar-refractivity contribution >= 4 is 5.97 Å². The van der Waals surface area contributed by atoms with Crippen LogP contribution in [0.15, 0.2) is 42.5 Å². The quantitative estimate of drug-likeness (QED) is 0.272. The summed E-state index contributed by atoms with van der Waals surface area (Å²) in [5.41, 5.74) is 2.06. The number of phenolic OH excluding ortho intramolecular Hbond substituents is 2. The second kappa shape index (κ2) is 12.1. The number of carboxylic acid groups (broad SMARTS) is 1. The number of rotatable bonds is 13. The molecule has 0 bridgehead atoms. The Morgan fingerprint density at radius 1 is 0.971 bits per heavy atom. The Balaban J connectivity index is 1.55. The summed E-state index contributed by atoms with van der Waals surface area (Å²) < 4.78 is 6.10. The fraction of sp³-hybridized carbons (Fsp3) is 0.552. The zero-order chi connectivity index (χ0) is 24.6. The highest BCUT2D eigenvalue weighted by Gasteiger charge is 2.42. The highest BCUT2D eigenvalue weighted by molar-refractivity contribution is 5.69. The number of benzene rings is 2. The van der Waals surface area contributed by atoms with Crippen molar-refractivity contribution in [3.8, 4) is 17.2 Å². The number of aliphatic carboxylic acids is 1. The molecule has 3 rings (SSSR count). The molecular formula is C29H40O5. The molecule has 2 aromatic rings. The van der Waals surface area contributed by atoms with Gasteiger partial charge in [0.1, 0.15) is 17.2 Å². The number of hydrogen-bond acceptors (Lipinski definition) is 4. The molecular weight excluding hydrogens is 428 g/mol. The fourth-order valence-electron chi connectivity index (χ4n) is 5.39. The molecule has 2 aromatic carbocycles. The van der Waals surface area contributed by atoms with Gasteiger partial charge in [-0.05, 0) is 48.6 Å². The highest BCUT2D eigenvalue weighted by atomic mass is 16.5. The molecule has 186 valence electrons. The zero-order valence-electron chi connectivity index (χ0n) is 20.6. The minimum atomic E-state index is -0.649. The van der Waals surface area contributed by atoms with E-state index in [1.807, 2.05) is 25.1 Å². The molecule has 3 atom stereocenters. The Bertz CT molecular complexity index is 923. The molecule has 1 aliphatic heterocycles. The first-order chi connectivity index (χ1) is 16.3. The smallest absolute Gasteiger partial charge is 0.306 e. The second-order valence-corrected chi connectivity index (χ2v) is 10.1. The van der Waals surface area contributed by atoms with Crippen LogP contribution in [0.5, 0.6) is 17.2 Å². The summed E-state index contributed by atoms with van der Waals surface area (Å²) in [6.07, 6.45) is 10.2. The van der Waals surface area contributed by atoms with Crippen LogP contribution in [0.4, 0.5) is 0 Å². The molecule has 3 unspecified atom stereocenters. The van der Waals surface area contributed by atoms with E-state index in [0.717, 1.165) is 81.1 Å². The van der Waals surface area contributed by atoms with Gasteiger partial charge in [-0.25, -0.2) is 0 Å². The molecule has 0 spiro atoms. The lowest BCUT2D eigenvalue weighted by molar-refractivity contribution is -0.142. The first-order valence-corrected chi connectivity index (χ1v) is 12.8. The molecule has 3 N–H and O–H groups in total. The molecule has 1 aliphatic rings. The van der Waals surface area contributed by atoms with Gasteiger partial charge in [0.25, 0.3) is 0 Å². The normalized spacial score (nSPS) is 20.4. The van der Waals surface area contributed by atoms with Gasteiger partial charge in [-0.3, -0.25) is 4.79 Å². The number of fused-ring (bicyclic) bond motifs is 1. The van der Waals surface area contributed by atoms with Crippen molar-refractivity contribution in [1.29, 1.82) is 0 Å². The van der Waals surface area contributed by atoms with Gasteiger partial charge in [0.15, 0.2) is 0 Å². The number of ether oxygens (including phenoxy) is 1. The molecule has 0 saturated carbocycles. The van der Waals surface area contributed by atoms with E-state index in [1.54, 1.807) is 24.3 Å². The van der Waals surface area contributed by atoms with Crippen molar-refractivity contribution in [2.24, 2.45) is 5.92 Å². The van der Waals surface area contributed by atoms with Crippen molar-refractivity contribution in [3.63, 3.8) is 0 Å². The van der Waals surface area contributed by atoms with E-state index in [2.05, 4.69) is 6.92 Å². The Morgan fingerprint density at radius 3 is 2.29 bits per heavy atom. The lowest BCUT2D eigenvalue weighted by atomic mass is 9.66. The lowest BCUT2D eigenvalue weighted by Crippen LogP contribution is -2.40. The Kier molecular flexibility index (Phi) is 9.26. The second-order valence-electron chi connectivity index (χ2n) is 10.1. The van der Waals surface area contributed by atoms with Crippen LogP contribution < -0.4 is 4.74 Å². The third kappa shape index (κ3) is 6.46. The molecule has 34 heavy (non-hydrogen) atoms. The van der Waals surface area contributed by atoms with Crippen molar-refractivity contribution in [3.05, 3.63) is 53.6 Å². The van der Waals surface area contributed by atoms with E-state index in [1.165, 1.54) is 0 Å². The minimum absolute atomic E-state index is 0.185. The van der Waals surface area contributed by atoms with E-state index in [0.29, 0.717) is 6.61 Å². The summed E-state index contributed by atoms with van der Waals surface area (Å²) in [6.45, 7) is 4.80. The predicted octanol–water partition coefficient (Wildman–Crippen LogP) is 7.15. The van der Waals surface area contributed by atoms with Crippen LogP contribution in [0.3, 0.4) is 0 Å².